The molecule has 2 atom stereocenters. The van der Waals surface area contributed by atoms with Crippen molar-refractivity contribution in [1.82, 2.24) is 4.57 Å². The fourth-order valence-electron chi connectivity index (χ4n) is 3.27. The van der Waals surface area contributed by atoms with Gasteiger partial charge < -0.3 is 14.0 Å². The van der Waals surface area contributed by atoms with Crippen LogP contribution in [0, 0.1) is 5.41 Å². The molecule has 1 aromatic rings. The highest BCUT2D eigenvalue weighted by Gasteiger charge is 2.51. The van der Waals surface area contributed by atoms with E-state index in [4.69, 9.17) is 9.47 Å². The monoisotopic (exact) mass is 353 g/mol. The molecule has 5 nitrogen and oxygen atoms in total. The number of carbonyl (C=O) groups is 1. The lowest BCUT2D eigenvalue weighted by atomic mass is 9.70. The van der Waals surface area contributed by atoms with E-state index < -0.39 is 5.41 Å². The lowest BCUT2D eigenvalue weighted by Crippen LogP contribution is -2.52. The molecule has 2 aliphatic heterocycles. The van der Waals surface area contributed by atoms with Gasteiger partial charge in [-0.2, -0.15) is 0 Å². The largest absolute Gasteiger partial charge is 0.491 e. The van der Waals surface area contributed by atoms with Gasteiger partial charge in [0.1, 0.15) is 5.69 Å². The Bertz CT molecular complexity index is 681. The van der Waals surface area contributed by atoms with Crippen molar-refractivity contribution in [2.75, 3.05) is 13.7 Å². The van der Waals surface area contributed by atoms with Gasteiger partial charge in [-0.3, -0.25) is 9.59 Å². The van der Waals surface area contributed by atoms with E-state index in [-0.39, 0.29) is 23.1 Å². The molecule has 21 heavy (non-hydrogen) atoms. The van der Waals surface area contributed by atoms with Crippen LogP contribution in [0.5, 0.6) is 5.75 Å². The smallest absolute Gasteiger partial charge is 0.238 e. The molecule has 0 aromatic carbocycles. The Hall–Kier alpha value is -1.40. The van der Waals surface area contributed by atoms with Crippen LogP contribution in [-0.2, 0) is 11.3 Å². The Morgan fingerprint density at radius 1 is 1.57 bits per heavy atom. The van der Waals surface area contributed by atoms with Crippen LogP contribution in [0.25, 0.3) is 0 Å². The number of Topliss-reactive ketones (excluding diaryl/α,β-unsaturated/α-hetero) is 1. The van der Waals surface area contributed by atoms with Crippen molar-refractivity contribution in [3.63, 3.8) is 0 Å². The van der Waals surface area contributed by atoms with Crippen LogP contribution in [0.1, 0.15) is 23.3 Å². The van der Waals surface area contributed by atoms with Crippen LogP contribution in [-0.4, -0.2) is 30.2 Å². The van der Waals surface area contributed by atoms with Crippen LogP contribution in [0.15, 0.2) is 28.1 Å². The Balaban J connectivity index is 2.26. The summed E-state index contributed by atoms with van der Waals surface area (Å²) >= 11 is 3.22. The molecule has 0 unspecified atom stereocenters. The second-order valence-electron chi connectivity index (χ2n) is 5.38. The molecule has 0 saturated carbocycles. The fraction of sp³-hybridized carbons (Fsp3) is 0.467. The van der Waals surface area contributed by atoms with Gasteiger partial charge >= 0.3 is 0 Å². The Morgan fingerprint density at radius 3 is 3.00 bits per heavy atom. The number of ether oxygens (including phenoxy) is 2. The van der Waals surface area contributed by atoms with E-state index in [0.717, 1.165) is 6.42 Å². The van der Waals surface area contributed by atoms with E-state index in [1.807, 2.05) is 0 Å². The number of methoxy groups -OCH3 is 1. The summed E-state index contributed by atoms with van der Waals surface area (Å²) in [5.41, 5.74) is -0.759. The molecule has 0 radical (unpaired) electrons. The number of carbonyl (C=O) groups excluding carboxylic acids is 1. The molecule has 0 bridgehead atoms. The van der Waals surface area contributed by atoms with Gasteiger partial charge in [-0.05, 0) is 28.8 Å². The van der Waals surface area contributed by atoms with E-state index in [1.165, 1.54) is 7.11 Å². The highest BCUT2D eigenvalue weighted by Crippen LogP contribution is 2.44. The standard InChI is InChI=1S/C15H16BrNO4/c1-3-15-5-4-6-21-10(15)8-17-7-9(16)12(18)13(20-2)11(17)14(15)19/h3,7,10H,1,4-6,8H2,2H3/t10-,15+/m1/s1. The maximum atomic E-state index is 13.0. The molecular weight excluding hydrogens is 338 g/mol. The van der Waals surface area contributed by atoms with Gasteiger partial charge in [0.25, 0.3) is 0 Å². The molecule has 1 aromatic heterocycles. The summed E-state index contributed by atoms with van der Waals surface area (Å²) in [4.78, 5) is 25.2. The molecule has 3 rings (SSSR count). The van der Waals surface area contributed by atoms with E-state index in [9.17, 15) is 9.59 Å². The third kappa shape index (κ3) is 1.92. The van der Waals surface area contributed by atoms with Crippen LogP contribution in [0.2, 0.25) is 0 Å². The molecular formula is C15H16BrNO4. The maximum Gasteiger partial charge on any atom is 0.238 e. The summed E-state index contributed by atoms with van der Waals surface area (Å²) in [6.07, 6.45) is 4.55. The van der Waals surface area contributed by atoms with Crippen molar-refractivity contribution in [1.29, 1.82) is 0 Å². The SMILES string of the molecule is C=C[C@]12CCCO[C@@H]1Cn1cc(Br)c(=O)c(OC)c1C2=O. The number of pyridine rings is 1. The van der Waals surface area contributed by atoms with E-state index in [2.05, 4.69) is 22.5 Å². The number of rotatable bonds is 2. The molecule has 0 spiro atoms. The second kappa shape index (κ2) is 5.10. The normalized spacial score (nSPS) is 27.7. The summed E-state index contributed by atoms with van der Waals surface area (Å²) in [6, 6.07) is 0. The first-order valence-electron chi connectivity index (χ1n) is 6.82. The van der Waals surface area contributed by atoms with Crippen molar-refractivity contribution >= 4 is 21.7 Å². The van der Waals surface area contributed by atoms with Crippen molar-refractivity contribution < 1.29 is 14.3 Å². The number of nitrogens with zero attached hydrogens (tertiary/aromatic N) is 1. The number of hydrogen-bond donors (Lipinski definition) is 0. The first kappa shape index (κ1) is 14.5. The Morgan fingerprint density at radius 2 is 2.33 bits per heavy atom. The van der Waals surface area contributed by atoms with Crippen LogP contribution < -0.4 is 10.2 Å². The van der Waals surface area contributed by atoms with Crippen LogP contribution in [0.3, 0.4) is 0 Å². The summed E-state index contributed by atoms with van der Waals surface area (Å²) in [7, 11) is 1.40. The minimum atomic E-state index is -0.758. The lowest BCUT2D eigenvalue weighted by Gasteiger charge is -2.44. The van der Waals surface area contributed by atoms with Crippen molar-refractivity contribution in [2.24, 2.45) is 5.41 Å². The summed E-state index contributed by atoms with van der Waals surface area (Å²) in [5.74, 6) is -0.0606. The molecule has 1 fully saturated rings. The molecule has 112 valence electrons. The number of halogens is 1. The minimum absolute atomic E-state index is 0.0830. The van der Waals surface area contributed by atoms with E-state index >= 15 is 0 Å². The number of hydrogen-bond acceptors (Lipinski definition) is 4. The molecule has 2 aliphatic rings. The maximum absolute atomic E-state index is 13.0. The zero-order chi connectivity index (χ0) is 15.2. The predicted octanol–water partition coefficient (Wildman–Crippen LogP) is 2.17. The fourth-order valence-corrected chi connectivity index (χ4v) is 3.70. The first-order chi connectivity index (χ1) is 10.0. The van der Waals surface area contributed by atoms with Gasteiger partial charge in [0, 0.05) is 12.8 Å². The minimum Gasteiger partial charge on any atom is -0.491 e. The zero-order valence-corrected chi connectivity index (χ0v) is 13.3. The summed E-state index contributed by atoms with van der Waals surface area (Å²) < 4.78 is 13.1. The molecule has 0 aliphatic carbocycles. The molecule has 0 amide bonds. The van der Waals surface area contributed by atoms with Gasteiger partial charge in [-0.15, -0.1) is 6.58 Å². The lowest BCUT2D eigenvalue weighted by molar-refractivity contribution is -0.0623. The van der Waals surface area contributed by atoms with Gasteiger partial charge in [0.15, 0.2) is 11.5 Å². The number of ketones is 1. The topological polar surface area (TPSA) is 57.5 Å². The number of aromatic nitrogens is 1. The third-order valence-corrected chi connectivity index (χ3v) is 4.96. The third-order valence-electron chi connectivity index (χ3n) is 4.39. The molecule has 1 saturated heterocycles. The van der Waals surface area contributed by atoms with E-state index in [0.29, 0.717) is 29.7 Å². The second-order valence-corrected chi connectivity index (χ2v) is 6.23. The van der Waals surface area contributed by atoms with Crippen molar-refractivity contribution in [2.45, 2.75) is 25.5 Å². The first-order valence-corrected chi connectivity index (χ1v) is 7.61. The molecule has 6 heteroatoms. The Labute approximate surface area is 130 Å². The van der Waals surface area contributed by atoms with Crippen LogP contribution in [0.4, 0.5) is 0 Å². The van der Waals surface area contributed by atoms with Crippen LogP contribution >= 0.6 is 15.9 Å². The van der Waals surface area contributed by atoms with Gasteiger partial charge in [-0.25, -0.2) is 0 Å². The summed E-state index contributed by atoms with van der Waals surface area (Å²) in [5, 5.41) is 0. The molecule has 3 heterocycles. The van der Waals surface area contributed by atoms with Crippen molar-refractivity contribution in [3.8, 4) is 5.75 Å². The average molecular weight is 354 g/mol. The number of fused-ring (bicyclic) bond motifs is 2. The molecule has 0 N–H and O–H groups in total. The highest BCUT2D eigenvalue weighted by molar-refractivity contribution is 9.10. The predicted molar refractivity (Wildman–Crippen MR) is 80.9 cm³/mol. The van der Waals surface area contributed by atoms with Gasteiger partial charge in [-0.1, -0.05) is 6.08 Å². The highest BCUT2D eigenvalue weighted by atomic mass is 79.9. The summed E-state index contributed by atoms with van der Waals surface area (Å²) in [6.45, 7) is 4.98. The van der Waals surface area contributed by atoms with Gasteiger partial charge in [0.2, 0.25) is 5.43 Å². The average Bonchev–Trinajstić information content (AvgIpc) is 2.49. The zero-order valence-electron chi connectivity index (χ0n) is 11.7. The van der Waals surface area contributed by atoms with Gasteiger partial charge in [0.05, 0.1) is 29.6 Å². The Kier molecular flexibility index (Phi) is 3.53. The quantitative estimate of drug-likeness (QED) is 0.764. The van der Waals surface area contributed by atoms with E-state index in [1.54, 1.807) is 16.8 Å². The van der Waals surface area contributed by atoms with Crippen molar-refractivity contribution in [3.05, 3.63) is 39.2 Å².